The van der Waals surface area contributed by atoms with Crippen LogP contribution in [0.4, 0.5) is 5.69 Å². The Morgan fingerprint density at radius 1 is 1.20 bits per heavy atom. The van der Waals surface area contributed by atoms with Crippen LogP contribution < -0.4 is 21.7 Å². The molecule has 0 aliphatic carbocycles. The lowest BCUT2D eigenvalue weighted by Gasteiger charge is -2.50. The highest BCUT2D eigenvalue weighted by Crippen LogP contribution is 2.34. The number of rotatable bonds is 4. The molecule has 0 spiro atoms. The summed E-state index contributed by atoms with van der Waals surface area (Å²) in [7, 11) is 0. The fraction of sp³-hybridized carbons (Fsp3) is 0.500. The van der Waals surface area contributed by atoms with E-state index in [1.165, 1.54) is 11.3 Å². The summed E-state index contributed by atoms with van der Waals surface area (Å²) in [4.78, 5) is 8.78. The SMILES string of the molecule is Cc1nccn1-c1ccc(N2C3=C(CNCC3)C(N)N(CC3CCCO3)C2N)cc1. The van der Waals surface area contributed by atoms with E-state index in [9.17, 15) is 0 Å². The van der Waals surface area contributed by atoms with E-state index < -0.39 is 0 Å². The van der Waals surface area contributed by atoms with E-state index >= 15 is 0 Å². The Hall–Kier alpha value is -2.23. The van der Waals surface area contributed by atoms with Crippen LogP contribution in [0.5, 0.6) is 0 Å². The highest BCUT2D eigenvalue weighted by molar-refractivity contribution is 5.58. The average molecular weight is 410 g/mol. The Morgan fingerprint density at radius 2 is 2.00 bits per heavy atom. The molecule has 1 aromatic carbocycles. The number of aromatic nitrogens is 2. The van der Waals surface area contributed by atoms with E-state index in [1.54, 1.807) is 0 Å². The van der Waals surface area contributed by atoms with Crippen LogP contribution in [0, 0.1) is 6.92 Å². The maximum atomic E-state index is 6.83. The van der Waals surface area contributed by atoms with Crippen LogP contribution in [0.15, 0.2) is 47.9 Å². The van der Waals surface area contributed by atoms with Crippen molar-refractivity contribution in [1.82, 2.24) is 19.8 Å². The van der Waals surface area contributed by atoms with Crippen LogP contribution in [-0.4, -0.2) is 59.3 Å². The molecule has 0 amide bonds. The molecular formula is C22H31N7O. The molecule has 0 radical (unpaired) electrons. The van der Waals surface area contributed by atoms with Gasteiger partial charge in [-0.2, -0.15) is 0 Å². The lowest BCUT2D eigenvalue weighted by Crippen LogP contribution is -2.67. The summed E-state index contributed by atoms with van der Waals surface area (Å²) in [6, 6.07) is 8.53. The lowest BCUT2D eigenvalue weighted by atomic mass is 9.98. The Labute approximate surface area is 177 Å². The standard InChI is InChI=1S/C22H31N7O/c1-15-26-10-11-27(15)16-4-6-17(7-5-16)29-20-8-9-25-13-19(20)21(23)28(22(29)24)14-18-3-2-12-30-18/h4-7,10-11,18,21-22,25H,2-3,8-9,12-14,23-24H2,1H3. The highest BCUT2D eigenvalue weighted by Gasteiger charge is 2.40. The van der Waals surface area contributed by atoms with Gasteiger partial charge in [-0.15, -0.1) is 0 Å². The van der Waals surface area contributed by atoms with Gasteiger partial charge in [-0.1, -0.05) is 0 Å². The van der Waals surface area contributed by atoms with Crippen molar-refractivity contribution in [2.75, 3.05) is 31.1 Å². The third-order valence-corrected chi connectivity index (χ3v) is 6.50. The Bertz CT molecular complexity index is 916. The number of nitrogens with zero attached hydrogens (tertiary/aromatic N) is 4. The van der Waals surface area contributed by atoms with Gasteiger partial charge in [-0.25, -0.2) is 9.88 Å². The van der Waals surface area contributed by atoms with Crippen molar-refractivity contribution in [3.05, 3.63) is 53.8 Å². The number of hydrogen-bond acceptors (Lipinski definition) is 7. The second-order valence-electron chi connectivity index (χ2n) is 8.32. The van der Waals surface area contributed by atoms with Crippen LogP contribution in [-0.2, 0) is 4.74 Å². The number of ether oxygens (including phenoxy) is 1. The van der Waals surface area contributed by atoms with E-state index in [1.807, 2.05) is 19.3 Å². The third kappa shape index (κ3) is 3.44. The quantitative estimate of drug-likeness (QED) is 0.699. The van der Waals surface area contributed by atoms with Gasteiger partial charge in [-0.3, -0.25) is 5.73 Å². The number of nitrogens with two attached hydrogens (primary N) is 2. The van der Waals surface area contributed by atoms with Crippen LogP contribution >= 0.6 is 0 Å². The molecule has 5 rings (SSSR count). The molecule has 3 unspecified atom stereocenters. The highest BCUT2D eigenvalue weighted by atomic mass is 16.5. The maximum absolute atomic E-state index is 6.83. The molecule has 1 fully saturated rings. The molecular weight excluding hydrogens is 378 g/mol. The van der Waals surface area contributed by atoms with E-state index in [0.717, 1.165) is 62.7 Å². The first-order valence-electron chi connectivity index (χ1n) is 10.8. The van der Waals surface area contributed by atoms with Crippen LogP contribution in [0.25, 0.3) is 5.69 Å². The second kappa shape index (κ2) is 8.13. The van der Waals surface area contributed by atoms with Gasteiger partial charge in [-0.05, 0) is 49.6 Å². The number of aryl methyl sites for hydroxylation is 1. The maximum Gasteiger partial charge on any atom is 0.140 e. The number of benzene rings is 1. The molecule has 5 N–H and O–H groups in total. The fourth-order valence-electron chi connectivity index (χ4n) is 4.89. The minimum Gasteiger partial charge on any atom is -0.377 e. The van der Waals surface area contributed by atoms with Crippen LogP contribution in [0.1, 0.15) is 25.1 Å². The minimum atomic E-state index is -0.318. The summed E-state index contributed by atoms with van der Waals surface area (Å²) in [6.07, 6.45) is 6.60. The van der Waals surface area contributed by atoms with E-state index in [2.05, 4.69) is 48.9 Å². The second-order valence-corrected chi connectivity index (χ2v) is 8.32. The summed E-state index contributed by atoms with van der Waals surface area (Å²) < 4.78 is 7.96. The summed E-state index contributed by atoms with van der Waals surface area (Å²) in [5.41, 5.74) is 18.2. The van der Waals surface area contributed by atoms with Crippen molar-refractivity contribution >= 4 is 5.69 Å². The lowest BCUT2D eigenvalue weighted by molar-refractivity contribution is 0.0390. The molecule has 2 aromatic rings. The molecule has 1 aromatic heterocycles. The van der Waals surface area contributed by atoms with Gasteiger partial charge in [0.25, 0.3) is 0 Å². The molecule has 3 atom stereocenters. The van der Waals surface area contributed by atoms with E-state index in [-0.39, 0.29) is 18.6 Å². The van der Waals surface area contributed by atoms with Gasteiger partial charge >= 0.3 is 0 Å². The molecule has 3 aliphatic heterocycles. The molecule has 8 nitrogen and oxygen atoms in total. The summed E-state index contributed by atoms with van der Waals surface area (Å²) >= 11 is 0. The van der Waals surface area contributed by atoms with Gasteiger partial charge in [0.2, 0.25) is 0 Å². The predicted octanol–water partition coefficient (Wildman–Crippen LogP) is 1.26. The minimum absolute atomic E-state index is 0.184. The zero-order chi connectivity index (χ0) is 20.7. The average Bonchev–Trinajstić information content (AvgIpc) is 3.43. The molecule has 1 saturated heterocycles. The van der Waals surface area contributed by atoms with E-state index in [0.29, 0.717) is 0 Å². The summed E-state index contributed by atoms with van der Waals surface area (Å²) in [6.45, 7) is 5.32. The number of nitrogens with one attached hydrogen (secondary N) is 1. The Kier molecular flexibility index (Phi) is 5.34. The molecule has 8 heteroatoms. The van der Waals surface area contributed by atoms with Gasteiger partial charge < -0.3 is 25.3 Å². The monoisotopic (exact) mass is 409 g/mol. The zero-order valence-corrected chi connectivity index (χ0v) is 17.5. The van der Waals surface area contributed by atoms with Crippen molar-refractivity contribution in [3.8, 4) is 5.69 Å². The van der Waals surface area contributed by atoms with Crippen molar-refractivity contribution in [3.63, 3.8) is 0 Å². The third-order valence-electron chi connectivity index (χ3n) is 6.50. The van der Waals surface area contributed by atoms with Crippen LogP contribution in [0.3, 0.4) is 0 Å². The van der Waals surface area contributed by atoms with Crippen molar-refractivity contribution < 1.29 is 4.74 Å². The Balaban J connectivity index is 1.48. The van der Waals surface area contributed by atoms with Crippen molar-refractivity contribution in [2.24, 2.45) is 11.5 Å². The molecule has 3 aliphatic rings. The van der Waals surface area contributed by atoms with Crippen LogP contribution in [0.2, 0.25) is 0 Å². The zero-order valence-electron chi connectivity index (χ0n) is 17.5. The van der Waals surface area contributed by atoms with Gasteiger partial charge in [0, 0.05) is 62.1 Å². The van der Waals surface area contributed by atoms with Crippen molar-refractivity contribution in [2.45, 2.75) is 44.7 Å². The number of anilines is 1. The smallest absolute Gasteiger partial charge is 0.140 e. The van der Waals surface area contributed by atoms with Gasteiger partial charge in [0.15, 0.2) is 0 Å². The topological polar surface area (TPSA) is 97.6 Å². The number of hydrogen-bond donors (Lipinski definition) is 3. The van der Waals surface area contributed by atoms with Gasteiger partial charge in [0.05, 0.1) is 12.3 Å². The normalized spacial score (nSPS) is 27.6. The molecule has 4 heterocycles. The fourth-order valence-corrected chi connectivity index (χ4v) is 4.89. The summed E-state index contributed by atoms with van der Waals surface area (Å²) in [5.74, 6) is 0.967. The first-order valence-corrected chi connectivity index (χ1v) is 10.8. The van der Waals surface area contributed by atoms with E-state index in [4.69, 9.17) is 16.2 Å². The van der Waals surface area contributed by atoms with Crippen molar-refractivity contribution in [1.29, 1.82) is 0 Å². The first kappa shape index (κ1) is 19.7. The predicted molar refractivity (Wildman–Crippen MR) is 117 cm³/mol. The Morgan fingerprint density at radius 3 is 2.70 bits per heavy atom. The molecule has 0 saturated carbocycles. The molecule has 0 bridgehead atoms. The largest absolute Gasteiger partial charge is 0.377 e. The number of imidazole rings is 1. The first-order chi connectivity index (χ1) is 14.6. The molecule has 30 heavy (non-hydrogen) atoms. The summed E-state index contributed by atoms with van der Waals surface area (Å²) in [5, 5.41) is 3.48. The molecule has 160 valence electrons. The van der Waals surface area contributed by atoms with Gasteiger partial charge in [0.1, 0.15) is 12.1 Å².